The van der Waals surface area contributed by atoms with Crippen molar-refractivity contribution in [2.45, 2.75) is 31.1 Å². The molecule has 7 nitrogen and oxygen atoms in total. The number of aryl methyl sites for hydroxylation is 1. The van der Waals surface area contributed by atoms with Gasteiger partial charge in [0.2, 0.25) is 10.0 Å². The van der Waals surface area contributed by atoms with E-state index in [2.05, 4.69) is 5.32 Å². The first-order valence-corrected chi connectivity index (χ1v) is 8.40. The van der Waals surface area contributed by atoms with Gasteiger partial charge in [-0.1, -0.05) is 0 Å². The van der Waals surface area contributed by atoms with Gasteiger partial charge in [0.15, 0.2) is 5.76 Å². The van der Waals surface area contributed by atoms with Crippen molar-refractivity contribution in [2.75, 3.05) is 26.2 Å². The molecule has 1 fully saturated rings. The number of nitrogens with zero attached hydrogens (tertiary/aromatic N) is 1. The van der Waals surface area contributed by atoms with E-state index in [0.29, 0.717) is 26.1 Å². The number of sulfonamides is 1. The molecule has 0 atom stereocenters. The Labute approximate surface area is 124 Å². The first-order valence-electron chi connectivity index (χ1n) is 6.96. The third-order valence-corrected chi connectivity index (χ3v) is 5.41. The Morgan fingerprint density at radius 3 is 2.71 bits per heavy atom. The van der Waals surface area contributed by atoms with Crippen LogP contribution in [0.4, 0.5) is 0 Å². The van der Waals surface area contributed by atoms with Crippen molar-refractivity contribution in [3.05, 3.63) is 17.6 Å². The van der Waals surface area contributed by atoms with Crippen LogP contribution in [0.1, 0.15) is 35.6 Å². The fraction of sp³-hybridized carbons (Fsp3) is 0.615. The fourth-order valence-corrected chi connectivity index (χ4v) is 3.95. The van der Waals surface area contributed by atoms with Crippen molar-refractivity contribution >= 4 is 15.9 Å². The van der Waals surface area contributed by atoms with Crippen molar-refractivity contribution in [1.82, 2.24) is 9.62 Å². The van der Waals surface area contributed by atoms with E-state index in [9.17, 15) is 13.2 Å². The van der Waals surface area contributed by atoms with Gasteiger partial charge in [-0.3, -0.25) is 4.79 Å². The number of carbonyl (C=O) groups is 1. The summed E-state index contributed by atoms with van der Waals surface area (Å²) in [5.74, 6) is -0.285. The van der Waals surface area contributed by atoms with Gasteiger partial charge in [-0.2, -0.15) is 4.31 Å². The van der Waals surface area contributed by atoms with Crippen molar-refractivity contribution in [3.8, 4) is 0 Å². The smallest absolute Gasteiger partial charge is 0.287 e. The first-order chi connectivity index (χ1) is 9.96. The number of furan rings is 1. The van der Waals surface area contributed by atoms with E-state index >= 15 is 0 Å². The molecule has 0 spiro atoms. The average molecular weight is 316 g/mol. The summed E-state index contributed by atoms with van der Waals surface area (Å²) in [7, 11) is -3.59. The number of aliphatic hydroxyl groups is 1. The molecule has 0 bridgehead atoms. The Balaban J connectivity index is 2.17. The lowest BCUT2D eigenvalue weighted by Crippen LogP contribution is -2.28. The second kappa shape index (κ2) is 6.59. The van der Waals surface area contributed by atoms with E-state index in [1.807, 2.05) is 0 Å². The summed E-state index contributed by atoms with van der Waals surface area (Å²) in [6, 6.07) is 1.28. The highest BCUT2D eigenvalue weighted by Gasteiger charge is 2.31. The van der Waals surface area contributed by atoms with Crippen LogP contribution in [0.2, 0.25) is 0 Å². The molecule has 0 radical (unpaired) electrons. The minimum atomic E-state index is -3.59. The van der Waals surface area contributed by atoms with E-state index < -0.39 is 15.9 Å². The van der Waals surface area contributed by atoms with Gasteiger partial charge >= 0.3 is 0 Å². The zero-order valence-electron chi connectivity index (χ0n) is 12.0. The van der Waals surface area contributed by atoms with Crippen molar-refractivity contribution < 1.29 is 22.7 Å². The molecular weight excluding hydrogens is 296 g/mol. The van der Waals surface area contributed by atoms with Gasteiger partial charge in [-0.25, -0.2) is 8.42 Å². The van der Waals surface area contributed by atoms with E-state index in [1.54, 1.807) is 0 Å². The van der Waals surface area contributed by atoms with Gasteiger partial charge in [0.25, 0.3) is 5.91 Å². The number of amides is 1. The van der Waals surface area contributed by atoms with Crippen LogP contribution in [0.5, 0.6) is 0 Å². The number of hydrogen-bond acceptors (Lipinski definition) is 5. The highest BCUT2D eigenvalue weighted by atomic mass is 32.2. The maximum atomic E-state index is 12.5. The third kappa shape index (κ3) is 3.45. The average Bonchev–Trinajstić information content (AvgIpc) is 3.08. The lowest BCUT2D eigenvalue weighted by atomic mass is 10.4. The van der Waals surface area contributed by atoms with Crippen LogP contribution in [-0.2, 0) is 10.0 Å². The molecule has 1 amide bonds. The highest BCUT2D eigenvalue weighted by Crippen LogP contribution is 2.26. The normalized spacial score (nSPS) is 16.3. The topological polar surface area (TPSA) is 99.8 Å². The van der Waals surface area contributed by atoms with Crippen LogP contribution in [0.25, 0.3) is 0 Å². The summed E-state index contributed by atoms with van der Waals surface area (Å²) in [6.45, 7) is 2.83. The Morgan fingerprint density at radius 1 is 1.43 bits per heavy atom. The first kappa shape index (κ1) is 16.0. The summed E-state index contributed by atoms with van der Waals surface area (Å²) in [5.41, 5.74) is 0. The quantitative estimate of drug-likeness (QED) is 0.744. The summed E-state index contributed by atoms with van der Waals surface area (Å²) >= 11 is 0. The van der Waals surface area contributed by atoms with Gasteiger partial charge in [0.1, 0.15) is 10.7 Å². The van der Waals surface area contributed by atoms with Gasteiger partial charge < -0.3 is 14.8 Å². The Morgan fingerprint density at radius 2 is 2.10 bits per heavy atom. The monoisotopic (exact) mass is 316 g/mol. The molecule has 2 rings (SSSR count). The molecule has 0 unspecified atom stereocenters. The summed E-state index contributed by atoms with van der Waals surface area (Å²) < 4.78 is 31.6. The maximum absolute atomic E-state index is 12.5. The molecule has 1 aliphatic heterocycles. The van der Waals surface area contributed by atoms with E-state index in [-0.39, 0.29) is 23.0 Å². The number of hydrogen-bond donors (Lipinski definition) is 2. The van der Waals surface area contributed by atoms with Crippen LogP contribution in [0, 0.1) is 6.92 Å². The Kier molecular flexibility index (Phi) is 5.02. The zero-order valence-corrected chi connectivity index (χ0v) is 12.8. The summed E-state index contributed by atoms with van der Waals surface area (Å²) in [5, 5.41) is 11.2. The van der Waals surface area contributed by atoms with Crippen LogP contribution >= 0.6 is 0 Å². The van der Waals surface area contributed by atoms with Gasteiger partial charge in [0.05, 0.1) is 0 Å². The van der Waals surface area contributed by atoms with Crippen molar-refractivity contribution in [2.24, 2.45) is 0 Å². The molecule has 1 aromatic heterocycles. The maximum Gasteiger partial charge on any atom is 0.287 e. The minimum Gasteiger partial charge on any atom is -0.455 e. The molecule has 1 aromatic rings. The Bertz CT molecular complexity index is 602. The number of aliphatic hydroxyl groups excluding tert-OH is 1. The van der Waals surface area contributed by atoms with Crippen LogP contribution in [0.15, 0.2) is 15.4 Å². The van der Waals surface area contributed by atoms with E-state index in [4.69, 9.17) is 9.52 Å². The highest BCUT2D eigenvalue weighted by molar-refractivity contribution is 7.89. The SMILES string of the molecule is Cc1oc(C(=O)NCCCO)cc1S(=O)(=O)N1CCCC1. The largest absolute Gasteiger partial charge is 0.455 e. The standard InChI is InChI=1S/C13H20N2O5S/c1-10-12(21(18,19)15-6-2-3-7-15)9-11(20-10)13(17)14-5-4-8-16/h9,16H,2-8H2,1H3,(H,14,17). The second-order valence-corrected chi connectivity index (χ2v) is 6.88. The van der Waals surface area contributed by atoms with Crippen molar-refractivity contribution in [3.63, 3.8) is 0 Å². The fourth-order valence-electron chi connectivity index (χ4n) is 2.27. The molecule has 1 saturated heterocycles. The molecule has 118 valence electrons. The molecule has 1 aliphatic rings. The molecule has 2 heterocycles. The number of carbonyl (C=O) groups excluding carboxylic acids is 1. The van der Waals surface area contributed by atoms with Gasteiger partial charge in [0, 0.05) is 32.3 Å². The van der Waals surface area contributed by atoms with Crippen molar-refractivity contribution in [1.29, 1.82) is 0 Å². The lowest BCUT2D eigenvalue weighted by molar-refractivity contribution is 0.0922. The molecule has 21 heavy (non-hydrogen) atoms. The van der Waals surface area contributed by atoms with E-state index in [0.717, 1.165) is 12.8 Å². The minimum absolute atomic E-state index is 0.0218. The molecule has 0 aromatic carbocycles. The second-order valence-electron chi connectivity index (χ2n) is 4.98. The molecule has 8 heteroatoms. The Hall–Kier alpha value is -1.38. The third-order valence-electron chi connectivity index (χ3n) is 3.40. The van der Waals surface area contributed by atoms with Gasteiger partial charge in [-0.15, -0.1) is 0 Å². The van der Waals surface area contributed by atoms with Crippen LogP contribution in [-0.4, -0.2) is 50.0 Å². The molecule has 2 N–H and O–H groups in total. The number of nitrogens with one attached hydrogen (secondary N) is 1. The predicted molar refractivity (Wildman–Crippen MR) is 75.5 cm³/mol. The predicted octanol–water partition coefficient (Wildman–Crippen LogP) is 0.485. The molecular formula is C13H20N2O5S. The molecule has 0 saturated carbocycles. The van der Waals surface area contributed by atoms with E-state index in [1.165, 1.54) is 17.3 Å². The number of rotatable bonds is 6. The summed E-state index contributed by atoms with van der Waals surface area (Å²) in [4.78, 5) is 11.9. The summed E-state index contributed by atoms with van der Waals surface area (Å²) in [6.07, 6.45) is 2.14. The van der Waals surface area contributed by atoms with Gasteiger partial charge in [-0.05, 0) is 26.2 Å². The van der Waals surface area contributed by atoms with Crippen LogP contribution < -0.4 is 5.32 Å². The zero-order chi connectivity index (χ0) is 15.5. The van der Waals surface area contributed by atoms with Crippen LogP contribution in [0.3, 0.4) is 0 Å². The lowest BCUT2D eigenvalue weighted by Gasteiger charge is -2.14. The molecule has 0 aliphatic carbocycles.